The summed E-state index contributed by atoms with van der Waals surface area (Å²) in [5.41, 5.74) is 1.05. The summed E-state index contributed by atoms with van der Waals surface area (Å²) in [5.74, 6) is 0.857. The van der Waals surface area contributed by atoms with Gasteiger partial charge in [-0.05, 0) is 56.3 Å². The third-order valence-corrected chi connectivity index (χ3v) is 5.18. The van der Waals surface area contributed by atoms with Crippen LogP contribution in [0.25, 0.3) is 0 Å². The van der Waals surface area contributed by atoms with Crippen molar-refractivity contribution in [3.63, 3.8) is 0 Å². The number of hydrogen-bond donors (Lipinski definition) is 2. The zero-order valence-electron chi connectivity index (χ0n) is 11.8. The van der Waals surface area contributed by atoms with Crippen molar-refractivity contribution in [1.29, 1.82) is 0 Å². The lowest BCUT2D eigenvalue weighted by atomic mass is 10.1. The summed E-state index contributed by atoms with van der Waals surface area (Å²) >= 11 is 13.3. The molecule has 1 amide bonds. The number of thiophene rings is 1. The van der Waals surface area contributed by atoms with E-state index in [1.54, 1.807) is 0 Å². The molecule has 0 spiro atoms. The Bertz CT molecular complexity index is 447. The average molecular weight is 372 g/mol. The van der Waals surface area contributed by atoms with Gasteiger partial charge < -0.3 is 10.6 Å². The first-order chi connectivity index (χ1) is 9.65. The maximum atomic E-state index is 11.7. The SMILES string of the molecule is Cl.O=C(CCCc1cc(Cl)sc1Cl)NCCC1CCNC1. The minimum atomic E-state index is 0. The summed E-state index contributed by atoms with van der Waals surface area (Å²) < 4.78 is 1.45. The monoisotopic (exact) mass is 370 g/mol. The fraction of sp³-hybridized carbons (Fsp3) is 0.643. The van der Waals surface area contributed by atoms with Crippen LogP contribution < -0.4 is 10.6 Å². The molecule has 0 aromatic carbocycles. The first kappa shape index (κ1) is 19.0. The van der Waals surface area contributed by atoms with E-state index >= 15 is 0 Å². The molecule has 1 aromatic rings. The lowest BCUT2D eigenvalue weighted by molar-refractivity contribution is -0.121. The molecular formula is C14H21Cl3N2OS. The van der Waals surface area contributed by atoms with E-state index < -0.39 is 0 Å². The van der Waals surface area contributed by atoms with Gasteiger partial charge in [0.2, 0.25) is 5.91 Å². The van der Waals surface area contributed by atoms with Gasteiger partial charge in [0.05, 0.1) is 8.67 Å². The molecule has 1 aliphatic heterocycles. The highest BCUT2D eigenvalue weighted by molar-refractivity contribution is 7.20. The van der Waals surface area contributed by atoms with E-state index in [0.29, 0.717) is 10.8 Å². The lowest BCUT2D eigenvalue weighted by Crippen LogP contribution is -2.26. The molecule has 0 saturated carbocycles. The van der Waals surface area contributed by atoms with Crippen molar-refractivity contribution < 1.29 is 4.79 Å². The molecule has 1 aliphatic rings. The van der Waals surface area contributed by atoms with Crippen molar-refractivity contribution in [2.24, 2.45) is 5.92 Å². The third-order valence-electron chi connectivity index (χ3n) is 3.61. The number of nitrogens with one attached hydrogen (secondary N) is 2. The summed E-state index contributed by atoms with van der Waals surface area (Å²) in [6.07, 6.45) is 4.47. The molecule has 3 nitrogen and oxygen atoms in total. The van der Waals surface area contributed by atoms with Gasteiger partial charge in [-0.25, -0.2) is 0 Å². The van der Waals surface area contributed by atoms with Crippen LogP contribution >= 0.6 is 46.9 Å². The summed E-state index contributed by atoms with van der Waals surface area (Å²) in [4.78, 5) is 11.7. The molecule has 120 valence electrons. The van der Waals surface area contributed by atoms with Gasteiger partial charge in [0, 0.05) is 13.0 Å². The molecule has 2 N–H and O–H groups in total. The van der Waals surface area contributed by atoms with Gasteiger partial charge in [0.1, 0.15) is 0 Å². The number of amides is 1. The second-order valence-corrected chi connectivity index (χ2v) is 7.49. The molecule has 2 rings (SSSR count). The summed E-state index contributed by atoms with van der Waals surface area (Å²) in [5, 5.41) is 6.33. The van der Waals surface area contributed by atoms with E-state index in [9.17, 15) is 4.79 Å². The van der Waals surface area contributed by atoms with Crippen LogP contribution in [-0.4, -0.2) is 25.5 Å². The van der Waals surface area contributed by atoms with Crippen LogP contribution in [0.15, 0.2) is 6.07 Å². The first-order valence-electron chi connectivity index (χ1n) is 7.06. The molecule has 0 bridgehead atoms. The predicted octanol–water partition coefficient (Wildman–Crippen LogP) is 3.92. The Morgan fingerprint density at radius 2 is 2.29 bits per heavy atom. The molecular weight excluding hydrogens is 351 g/mol. The highest BCUT2D eigenvalue weighted by Crippen LogP contribution is 2.31. The molecule has 0 radical (unpaired) electrons. The average Bonchev–Trinajstić information content (AvgIpc) is 3.00. The van der Waals surface area contributed by atoms with E-state index in [2.05, 4.69) is 10.6 Å². The number of carbonyl (C=O) groups excluding carboxylic acids is 1. The topological polar surface area (TPSA) is 41.1 Å². The van der Waals surface area contributed by atoms with Crippen molar-refractivity contribution in [3.8, 4) is 0 Å². The molecule has 0 aliphatic carbocycles. The van der Waals surface area contributed by atoms with Crippen LogP contribution in [0.5, 0.6) is 0 Å². The van der Waals surface area contributed by atoms with Gasteiger partial charge in [-0.15, -0.1) is 23.7 Å². The van der Waals surface area contributed by atoms with E-state index in [-0.39, 0.29) is 18.3 Å². The molecule has 1 unspecified atom stereocenters. The second-order valence-electron chi connectivity index (χ2n) is 5.20. The normalized spacial score (nSPS) is 17.5. The Labute approximate surface area is 146 Å². The zero-order valence-corrected chi connectivity index (χ0v) is 14.9. The third kappa shape index (κ3) is 6.74. The van der Waals surface area contributed by atoms with Crippen molar-refractivity contribution in [1.82, 2.24) is 10.6 Å². The summed E-state index contributed by atoms with van der Waals surface area (Å²) in [6.45, 7) is 2.99. The van der Waals surface area contributed by atoms with Crippen LogP contribution in [0, 0.1) is 5.92 Å². The van der Waals surface area contributed by atoms with Gasteiger partial charge in [-0.1, -0.05) is 23.2 Å². The Hall–Kier alpha value is -0.000000000000000104. The predicted molar refractivity (Wildman–Crippen MR) is 93.1 cm³/mol. The molecule has 1 saturated heterocycles. The Morgan fingerprint density at radius 1 is 1.48 bits per heavy atom. The van der Waals surface area contributed by atoms with E-state index in [4.69, 9.17) is 23.2 Å². The zero-order chi connectivity index (χ0) is 14.4. The highest BCUT2D eigenvalue weighted by atomic mass is 35.5. The maximum Gasteiger partial charge on any atom is 0.220 e. The Kier molecular flexibility index (Phi) is 8.98. The minimum absolute atomic E-state index is 0. The quantitative estimate of drug-likeness (QED) is 0.763. The van der Waals surface area contributed by atoms with E-state index in [1.807, 2.05) is 6.07 Å². The molecule has 2 heterocycles. The van der Waals surface area contributed by atoms with Crippen molar-refractivity contribution in [3.05, 3.63) is 20.3 Å². The standard InChI is InChI=1S/C14H20Cl2N2OS.ClH/c15-12-8-11(14(16)20-12)2-1-3-13(19)18-7-5-10-4-6-17-9-10;/h8,10,17H,1-7,9H2,(H,18,19);1H. The molecule has 1 atom stereocenters. The summed E-state index contributed by atoms with van der Waals surface area (Å²) in [6, 6.07) is 1.89. The first-order valence-corrected chi connectivity index (χ1v) is 8.63. The van der Waals surface area contributed by atoms with Crippen LogP contribution in [0.3, 0.4) is 0 Å². The van der Waals surface area contributed by atoms with Crippen LogP contribution in [0.1, 0.15) is 31.2 Å². The van der Waals surface area contributed by atoms with Crippen molar-refractivity contribution in [2.75, 3.05) is 19.6 Å². The minimum Gasteiger partial charge on any atom is -0.356 e. The fourth-order valence-electron chi connectivity index (χ4n) is 2.45. The number of rotatable bonds is 7. The van der Waals surface area contributed by atoms with Crippen molar-refractivity contribution >= 4 is 52.9 Å². The number of aryl methyl sites for hydroxylation is 1. The largest absolute Gasteiger partial charge is 0.356 e. The van der Waals surface area contributed by atoms with Gasteiger partial charge in [-0.2, -0.15) is 0 Å². The second kappa shape index (κ2) is 9.90. The molecule has 7 heteroatoms. The summed E-state index contributed by atoms with van der Waals surface area (Å²) in [7, 11) is 0. The fourth-order valence-corrected chi connectivity index (χ4v) is 3.99. The smallest absolute Gasteiger partial charge is 0.220 e. The maximum absolute atomic E-state index is 11.7. The van der Waals surface area contributed by atoms with Gasteiger partial charge in [0.15, 0.2) is 0 Å². The number of halogens is 3. The molecule has 1 fully saturated rings. The number of carbonyl (C=O) groups is 1. The van der Waals surface area contributed by atoms with Gasteiger partial charge in [0.25, 0.3) is 0 Å². The molecule has 21 heavy (non-hydrogen) atoms. The lowest BCUT2D eigenvalue weighted by Gasteiger charge is -2.09. The number of hydrogen-bond acceptors (Lipinski definition) is 3. The van der Waals surface area contributed by atoms with Crippen LogP contribution in [0.2, 0.25) is 8.67 Å². The van der Waals surface area contributed by atoms with Gasteiger partial charge >= 0.3 is 0 Å². The van der Waals surface area contributed by atoms with Crippen LogP contribution in [-0.2, 0) is 11.2 Å². The Morgan fingerprint density at radius 3 is 2.90 bits per heavy atom. The molecule has 1 aromatic heterocycles. The Balaban J connectivity index is 0.00000220. The van der Waals surface area contributed by atoms with E-state index in [1.165, 1.54) is 17.8 Å². The van der Waals surface area contributed by atoms with E-state index in [0.717, 1.165) is 54.7 Å². The van der Waals surface area contributed by atoms with Gasteiger partial charge in [-0.3, -0.25) is 4.79 Å². The highest BCUT2D eigenvalue weighted by Gasteiger charge is 2.14. The van der Waals surface area contributed by atoms with Crippen molar-refractivity contribution in [2.45, 2.75) is 32.1 Å². The van der Waals surface area contributed by atoms with Crippen LogP contribution in [0.4, 0.5) is 0 Å².